The summed E-state index contributed by atoms with van der Waals surface area (Å²) < 4.78 is 8.27. The van der Waals surface area contributed by atoms with Gasteiger partial charge in [-0.3, -0.25) is 14.2 Å². The zero-order chi connectivity index (χ0) is 15.5. The third kappa shape index (κ3) is 3.04. The number of ether oxygens (including phenoxy) is 1. The molecule has 0 saturated carbocycles. The molecule has 0 atom stereocenters. The van der Waals surface area contributed by atoms with Gasteiger partial charge >= 0.3 is 11.1 Å². The second kappa shape index (κ2) is 6.32. The van der Waals surface area contributed by atoms with Gasteiger partial charge in [-0.1, -0.05) is 12.1 Å². The molecule has 0 N–H and O–H groups in total. The Morgan fingerprint density at radius 1 is 1.14 bits per heavy atom. The lowest BCUT2D eigenvalue weighted by atomic mass is 10.0. The standard InChI is InChI=1S/C17H20N2O3/c1-13-3-2-4-15(11-13)19-8-7-18(16(20)17(19)21)12-14-5-9-22-10-6-14/h2-4,7-8,11,14H,5-6,9-10,12H2,1H3. The van der Waals surface area contributed by atoms with Crippen LogP contribution in [0.4, 0.5) is 0 Å². The Morgan fingerprint density at radius 2 is 1.91 bits per heavy atom. The van der Waals surface area contributed by atoms with Gasteiger partial charge < -0.3 is 9.30 Å². The van der Waals surface area contributed by atoms with E-state index in [1.807, 2.05) is 31.2 Å². The molecule has 0 aliphatic carbocycles. The third-order valence-electron chi connectivity index (χ3n) is 4.13. The van der Waals surface area contributed by atoms with Crippen molar-refractivity contribution in [1.29, 1.82) is 0 Å². The first-order valence-electron chi connectivity index (χ1n) is 7.62. The topological polar surface area (TPSA) is 53.2 Å². The number of hydrogen-bond acceptors (Lipinski definition) is 3. The van der Waals surface area contributed by atoms with E-state index in [2.05, 4.69) is 0 Å². The molecule has 5 heteroatoms. The molecule has 0 radical (unpaired) electrons. The summed E-state index contributed by atoms with van der Waals surface area (Å²) in [6, 6.07) is 7.56. The van der Waals surface area contributed by atoms with Crippen molar-refractivity contribution in [2.24, 2.45) is 5.92 Å². The molecular weight excluding hydrogens is 280 g/mol. The van der Waals surface area contributed by atoms with Crippen LogP contribution in [0, 0.1) is 12.8 Å². The van der Waals surface area contributed by atoms with Crippen molar-refractivity contribution in [3.8, 4) is 5.69 Å². The predicted molar refractivity (Wildman–Crippen MR) is 84.6 cm³/mol. The van der Waals surface area contributed by atoms with Crippen molar-refractivity contribution in [3.63, 3.8) is 0 Å². The van der Waals surface area contributed by atoms with Crippen LogP contribution in [-0.2, 0) is 11.3 Å². The Balaban J connectivity index is 1.91. The van der Waals surface area contributed by atoms with E-state index < -0.39 is 11.1 Å². The Bertz CT molecular complexity index is 770. The zero-order valence-corrected chi connectivity index (χ0v) is 12.7. The normalized spacial score (nSPS) is 15.9. The number of rotatable bonds is 3. The lowest BCUT2D eigenvalue weighted by Gasteiger charge is -2.22. The molecule has 0 unspecified atom stereocenters. The number of nitrogens with zero attached hydrogens (tertiary/aromatic N) is 2. The van der Waals surface area contributed by atoms with Gasteiger partial charge in [-0.2, -0.15) is 0 Å². The van der Waals surface area contributed by atoms with E-state index in [-0.39, 0.29) is 0 Å². The molecular formula is C17H20N2O3. The quantitative estimate of drug-likeness (QED) is 0.811. The van der Waals surface area contributed by atoms with Gasteiger partial charge in [0.2, 0.25) is 0 Å². The summed E-state index contributed by atoms with van der Waals surface area (Å²) in [7, 11) is 0. The van der Waals surface area contributed by atoms with E-state index in [4.69, 9.17) is 4.74 Å². The Labute approximate surface area is 128 Å². The molecule has 3 rings (SSSR count). The van der Waals surface area contributed by atoms with Crippen LogP contribution in [0.25, 0.3) is 5.69 Å². The molecule has 0 bridgehead atoms. The fraction of sp³-hybridized carbons (Fsp3) is 0.412. The first kappa shape index (κ1) is 14.8. The minimum atomic E-state index is -0.500. The van der Waals surface area contributed by atoms with Crippen LogP contribution in [-0.4, -0.2) is 22.3 Å². The van der Waals surface area contributed by atoms with Crippen molar-refractivity contribution < 1.29 is 4.74 Å². The maximum atomic E-state index is 12.3. The average molecular weight is 300 g/mol. The van der Waals surface area contributed by atoms with Crippen LogP contribution >= 0.6 is 0 Å². The van der Waals surface area contributed by atoms with Gasteiger partial charge in [-0.15, -0.1) is 0 Å². The number of aryl methyl sites for hydroxylation is 1. The maximum Gasteiger partial charge on any atom is 0.320 e. The third-order valence-corrected chi connectivity index (χ3v) is 4.13. The van der Waals surface area contributed by atoms with Gasteiger partial charge in [-0.05, 0) is 43.4 Å². The van der Waals surface area contributed by atoms with Gasteiger partial charge in [-0.25, -0.2) is 0 Å². The fourth-order valence-corrected chi connectivity index (χ4v) is 2.84. The monoisotopic (exact) mass is 300 g/mol. The minimum Gasteiger partial charge on any atom is -0.381 e. The maximum absolute atomic E-state index is 12.3. The highest BCUT2D eigenvalue weighted by atomic mass is 16.5. The molecule has 1 saturated heterocycles. The van der Waals surface area contributed by atoms with Crippen LogP contribution in [0.5, 0.6) is 0 Å². The van der Waals surface area contributed by atoms with E-state index in [0.717, 1.165) is 37.3 Å². The van der Waals surface area contributed by atoms with Crippen molar-refractivity contribution in [2.75, 3.05) is 13.2 Å². The zero-order valence-electron chi connectivity index (χ0n) is 12.7. The molecule has 1 fully saturated rings. The van der Waals surface area contributed by atoms with Crippen molar-refractivity contribution in [1.82, 2.24) is 9.13 Å². The molecule has 1 aromatic heterocycles. The molecule has 2 aromatic rings. The summed E-state index contributed by atoms with van der Waals surface area (Å²) in [6.07, 6.45) is 5.26. The Kier molecular flexibility index (Phi) is 4.24. The van der Waals surface area contributed by atoms with Gasteiger partial charge in [0.25, 0.3) is 0 Å². The summed E-state index contributed by atoms with van der Waals surface area (Å²) in [5, 5.41) is 0. The number of aromatic nitrogens is 2. The van der Waals surface area contributed by atoms with Crippen LogP contribution in [0.1, 0.15) is 18.4 Å². The highest BCUT2D eigenvalue weighted by molar-refractivity contribution is 5.35. The van der Waals surface area contributed by atoms with Gasteiger partial charge in [0.15, 0.2) is 0 Å². The lowest BCUT2D eigenvalue weighted by Crippen LogP contribution is -2.41. The van der Waals surface area contributed by atoms with E-state index >= 15 is 0 Å². The second-order valence-electron chi connectivity index (χ2n) is 5.83. The number of benzene rings is 1. The van der Waals surface area contributed by atoms with E-state index in [0.29, 0.717) is 12.5 Å². The van der Waals surface area contributed by atoms with Gasteiger partial charge in [0, 0.05) is 37.8 Å². The molecule has 22 heavy (non-hydrogen) atoms. The molecule has 5 nitrogen and oxygen atoms in total. The summed E-state index contributed by atoms with van der Waals surface area (Å²) in [5.41, 5.74) is 0.812. The fourth-order valence-electron chi connectivity index (χ4n) is 2.84. The second-order valence-corrected chi connectivity index (χ2v) is 5.83. The predicted octanol–water partition coefficient (Wildman–Crippen LogP) is 1.73. The SMILES string of the molecule is Cc1cccc(-n2ccn(CC3CCOCC3)c(=O)c2=O)c1. The summed E-state index contributed by atoms with van der Waals surface area (Å²) >= 11 is 0. The summed E-state index contributed by atoms with van der Waals surface area (Å²) in [5.74, 6) is 0.403. The van der Waals surface area contributed by atoms with Crippen LogP contribution in [0.2, 0.25) is 0 Å². The van der Waals surface area contributed by atoms with Crippen LogP contribution in [0.15, 0.2) is 46.2 Å². The molecule has 1 aliphatic rings. The molecule has 0 spiro atoms. The van der Waals surface area contributed by atoms with Gasteiger partial charge in [0.1, 0.15) is 0 Å². The van der Waals surface area contributed by atoms with Gasteiger partial charge in [0.05, 0.1) is 0 Å². The first-order valence-corrected chi connectivity index (χ1v) is 7.62. The van der Waals surface area contributed by atoms with Crippen molar-refractivity contribution >= 4 is 0 Å². The smallest absolute Gasteiger partial charge is 0.320 e. The average Bonchev–Trinajstić information content (AvgIpc) is 2.53. The lowest BCUT2D eigenvalue weighted by molar-refractivity contribution is 0.0609. The van der Waals surface area contributed by atoms with E-state index in [9.17, 15) is 9.59 Å². The molecule has 1 aliphatic heterocycles. The Morgan fingerprint density at radius 3 is 2.64 bits per heavy atom. The largest absolute Gasteiger partial charge is 0.381 e. The van der Waals surface area contributed by atoms with Crippen LogP contribution < -0.4 is 11.1 Å². The molecule has 1 aromatic carbocycles. The first-order chi connectivity index (χ1) is 10.6. The minimum absolute atomic E-state index is 0.403. The summed E-state index contributed by atoms with van der Waals surface area (Å²) in [6.45, 7) is 4.02. The van der Waals surface area contributed by atoms with E-state index in [1.54, 1.807) is 12.4 Å². The highest BCUT2D eigenvalue weighted by Crippen LogP contribution is 2.16. The van der Waals surface area contributed by atoms with Crippen molar-refractivity contribution in [2.45, 2.75) is 26.3 Å². The molecule has 0 amide bonds. The van der Waals surface area contributed by atoms with Crippen LogP contribution in [0.3, 0.4) is 0 Å². The van der Waals surface area contributed by atoms with E-state index in [1.165, 1.54) is 9.13 Å². The van der Waals surface area contributed by atoms with Crippen molar-refractivity contribution in [3.05, 3.63) is 62.9 Å². The molecule has 116 valence electrons. The molecule has 2 heterocycles. The number of hydrogen-bond donors (Lipinski definition) is 0. The highest BCUT2D eigenvalue weighted by Gasteiger charge is 2.16. The Hall–Kier alpha value is -2.14. The summed E-state index contributed by atoms with van der Waals surface area (Å²) in [4.78, 5) is 24.7.